The summed E-state index contributed by atoms with van der Waals surface area (Å²) in [7, 11) is 0. The SMILES string of the molecule is O=C(O)C1=CC23C=CC=CC2=CC=CN3C=C1. The van der Waals surface area contributed by atoms with Crippen LogP contribution in [0.15, 0.2) is 72.2 Å². The molecule has 0 aromatic heterocycles. The van der Waals surface area contributed by atoms with Crippen molar-refractivity contribution in [1.82, 2.24) is 4.90 Å². The molecule has 0 bridgehead atoms. The molecular weight excluding hydrogens is 214 g/mol. The summed E-state index contributed by atoms with van der Waals surface area (Å²) in [5.41, 5.74) is 0.930. The average Bonchev–Trinajstić information content (AvgIpc) is 2.35. The Labute approximate surface area is 99.0 Å². The third-order valence-corrected chi connectivity index (χ3v) is 3.19. The monoisotopic (exact) mass is 225 g/mol. The van der Waals surface area contributed by atoms with Crippen LogP contribution in [0.2, 0.25) is 0 Å². The van der Waals surface area contributed by atoms with Crippen molar-refractivity contribution in [2.75, 3.05) is 0 Å². The number of rotatable bonds is 1. The normalized spacial score (nSPS) is 28.4. The Morgan fingerprint density at radius 2 is 2.06 bits per heavy atom. The van der Waals surface area contributed by atoms with Gasteiger partial charge in [-0.05, 0) is 23.8 Å². The Morgan fingerprint density at radius 3 is 2.88 bits per heavy atom. The summed E-state index contributed by atoms with van der Waals surface area (Å²) in [6.07, 6.45) is 19.0. The zero-order chi connectivity index (χ0) is 11.9. The van der Waals surface area contributed by atoms with Gasteiger partial charge in [-0.25, -0.2) is 4.79 Å². The fourth-order valence-corrected chi connectivity index (χ4v) is 2.34. The molecule has 84 valence electrons. The molecule has 1 atom stereocenters. The lowest BCUT2D eigenvalue weighted by Crippen LogP contribution is -2.44. The number of nitrogens with zero attached hydrogens (tertiary/aromatic N) is 1. The molecule has 0 saturated carbocycles. The van der Waals surface area contributed by atoms with E-state index >= 15 is 0 Å². The number of carbonyl (C=O) groups is 1. The Balaban J connectivity index is 2.17. The molecule has 3 aliphatic rings. The largest absolute Gasteiger partial charge is 0.478 e. The van der Waals surface area contributed by atoms with Crippen molar-refractivity contribution < 1.29 is 9.90 Å². The van der Waals surface area contributed by atoms with Gasteiger partial charge in [0.2, 0.25) is 0 Å². The van der Waals surface area contributed by atoms with Crippen molar-refractivity contribution >= 4 is 5.97 Å². The molecule has 0 fully saturated rings. The van der Waals surface area contributed by atoms with Crippen molar-refractivity contribution in [3.8, 4) is 0 Å². The molecule has 0 aromatic carbocycles. The van der Waals surface area contributed by atoms with Gasteiger partial charge in [-0.3, -0.25) is 0 Å². The van der Waals surface area contributed by atoms with E-state index in [4.69, 9.17) is 5.11 Å². The lowest BCUT2D eigenvalue weighted by molar-refractivity contribution is -0.132. The van der Waals surface area contributed by atoms with E-state index in [2.05, 4.69) is 0 Å². The molecule has 3 heteroatoms. The first-order valence-electron chi connectivity index (χ1n) is 5.40. The Morgan fingerprint density at radius 1 is 1.18 bits per heavy atom. The highest BCUT2D eigenvalue weighted by molar-refractivity contribution is 5.91. The van der Waals surface area contributed by atoms with Gasteiger partial charge < -0.3 is 10.0 Å². The fourth-order valence-electron chi connectivity index (χ4n) is 2.34. The Bertz CT molecular complexity index is 561. The van der Waals surface area contributed by atoms with Gasteiger partial charge in [0.15, 0.2) is 0 Å². The molecule has 2 heterocycles. The van der Waals surface area contributed by atoms with Crippen LogP contribution in [0.4, 0.5) is 0 Å². The fraction of sp³-hybridized carbons (Fsp3) is 0.0714. The molecule has 0 aromatic rings. The maximum Gasteiger partial charge on any atom is 0.335 e. The van der Waals surface area contributed by atoms with E-state index < -0.39 is 11.5 Å². The first kappa shape index (κ1) is 9.90. The minimum atomic E-state index is -0.896. The van der Waals surface area contributed by atoms with Gasteiger partial charge in [-0.1, -0.05) is 30.4 Å². The van der Waals surface area contributed by atoms with Crippen molar-refractivity contribution in [3.63, 3.8) is 0 Å². The van der Waals surface area contributed by atoms with E-state index in [1.54, 1.807) is 18.4 Å². The van der Waals surface area contributed by atoms with Crippen molar-refractivity contribution in [3.05, 3.63) is 72.2 Å². The molecule has 2 aliphatic heterocycles. The second-order valence-corrected chi connectivity index (χ2v) is 4.13. The van der Waals surface area contributed by atoms with Crippen LogP contribution in [0.5, 0.6) is 0 Å². The second-order valence-electron chi connectivity index (χ2n) is 4.13. The number of hydrogen-bond acceptors (Lipinski definition) is 2. The minimum absolute atomic E-state index is 0.322. The summed E-state index contributed by atoms with van der Waals surface area (Å²) < 4.78 is 0. The van der Waals surface area contributed by atoms with Crippen LogP contribution >= 0.6 is 0 Å². The molecule has 1 aliphatic carbocycles. The standard InChI is InChI=1S/C14H11NO2/c16-13(17)11-6-9-15-8-3-5-12-4-1-2-7-14(12,15)10-11/h1-10H,(H,16,17). The van der Waals surface area contributed by atoms with E-state index in [0.717, 1.165) is 5.57 Å². The average molecular weight is 225 g/mol. The van der Waals surface area contributed by atoms with E-state index in [-0.39, 0.29) is 0 Å². The van der Waals surface area contributed by atoms with Crippen LogP contribution < -0.4 is 0 Å². The molecule has 1 spiro atoms. The van der Waals surface area contributed by atoms with Gasteiger partial charge in [-0.2, -0.15) is 0 Å². The molecule has 0 radical (unpaired) electrons. The Kier molecular flexibility index (Phi) is 1.95. The summed E-state index contributed by atoms with van der Waals surface area (Å²) in [6, 6.07) is 0. The van der Waals surface area contributed by atoms with Crippen LogP contribution in [-0.4, -0.2) is 21.5 Å². The second kappa shape index (κ2) is 3.35. The topological polar surface area (TPSA) is 40.5 Å². The number of aliphatic carboxylic acids is 1. The van der Waals surface area contributed by atoms with Gasteiger partial charge in [0.1, 0.15) is 5.54 Å². The Hall–Kier alpha value is -2.29. The number of carboxylic acid groups (broad SMARTS) is 1. The molecule has 1 N–H and O–H groups in total. The third kappa shape index (κ3) is 1.32. The first-order valence-corrected chi connectivity index (χ1v) is 5.40. The predicted molar refractivity (Wildman–Crippen MR) is 64.9 cm³/mol. The van der Waals surface area contributed by atoms with Gasteiger partial charge in [0.25, 0.3) is 0 Å². The van der Waals surface area contributed by atoms with Crippen LogP contribution in [0.25, 0.3) is 0 Å². The highest BCUT2D eigenvalue weighted by Crippen LogP contribution is 2.38. The predicted octanol–water partition coefficient (Wildman–Crippen LogP) is 2.15. The van der Waals surface area contributed by atoms with Crippen LogP contribution in [0.3, 0.4) is 0 Å². The highest BCUT2D eigenvalue weighted by atomic mass is 16.4. The lowest BCUT2D eigenvalue weighted by Gasteiger charge is -2.43. The van der Waals surface area contributed by atoms with Gasteiger partial charge >= 0.3 is 5.97 Å². The molecule has 17 heavy (non-hydrogen) atoms. The summed E-state index contributed by atoms with van der Waals surface area (Å²) >= 11 is 0. The van der Waals surface area contributed by atoms with Gasteiger partial charge in [0.05, 0.1) is 5.57 Å². The first-order chi connectivity index (χ1) is 8.22. The molecule has 3 rings (SSSR count). The molecule has 3 nitrogen and oxygen atoms in total. The van der Waals surface area contributed by atoms with Gasteiger partial charge in [0, 0.05) is 12.4 Å². The quantitative estimate of drug-likeness (QED) is 0.743. The maximum atomic E-state index is 11.1. The molecule has 1 unspecified atom stereocenters. The van der Waals surface area contributed by atoms with E-state index in [1.807, 2.05) is 47.6 Å². The lowest BCUT2D eigenvalue weighted by atomic mass is 9.80. The van der Waals surface area contributed by atoms with Crippen LogP contribution in [0.1, 0.15) is 0 Å². The zero-order valence-corrected chi connectivity index (χ0v) is 9.08. The number of carboxylic acids is 1. The highest BCUT2D eigenvalue weighted by Gasteiger charge is 2.37. The van der Waals surface area contributed by atoms with Gasteiger partial charge in [-0.15, -0.1) is 0 Å². The van der Waals surface area contributed by atoms with Crippen LogP contribution in [-0.2, 0) is 4.79 Å². The maximum absolute atomic E-state index is 11.1. The summed E-state index contributed by atoms with van der Waals surface area (Å²) in [6.45, 7) is 0. The molecular formula is C14H11NO2. The molecule has 0 saturated heterocycles. The zero-order valence-electron chi connectivity index (χ0n) is 9.08. The van der Waals surface area contributed by atoms with E-state index in [0.29, 0.717) is 5.57 Å². The van der Waals surface area contributed by atoms with Crippen molar-refractivity contribution in [2.45, 2.75) is 5.54 Å². The van der Waals surface area contributed by atoms with Crippen molar-refractivity contribution in [2.24, 2.45) is 0 Å². The van der Waals surface area contributed by atoms with Crippen LogP contribution in [0, 0.1) is 0 Å². The molecule has 0 amide bonds. The number of hydrogen-bond donors (Lipinski definition) is 1. The minimum Gasteiger partial charge on any atom is -0.478 e. The third-order valence-electron chi connectivity index (χ3n) is 3.19. The summed E-state index contributed by atoms with van der Waals surface area (Å²) in [4.78, 5) is 13.1. The van der Waals surface area contributed by atoms with E-state index in [9.17, 15) is 4.79 Å². The van der Waals surface area contributed by atoms with E-state index in [1.165, 1.54) is 0 Å². The summed E-state index contributed by atoms with van der Waals surface area (Å²) in [5, 5.41) is 9.10. The summed E-state index contributed by atoms with van der Waals surface area (Å²) in [5.74, 6) is -0.896. The van der Waals surface area contributed by atoms with Crippen molar-refractivity contribution in [1.29, 1.82) is 0 Å². The smallest absolute Gasteiger partial charge is 0.335 e. The number of allylic oxidation sites excluding steroid dienone is 4.